The zero-order valence-electron chi connectivity index (χ0n) is 3.51. The first-order chi connectivity index (χ1) is 2.64. The summed E-state index contributed by atoms with van der Waals surface area (Å²) in [5.74, 6) is -0.963. The molecule has 0 aromatic rings. The largest absolute Gasteiger partial charge is 0.480 e. The Kier molecular flexibility index (Phi) is 1.60. The minimum atomic E-state index is -0.963. The predicted octanol–water partition coefficient (Wildman–Crippen LogP) is -0.582. The van der Waals surface area contributed by atoms with Gasteiger partial charge >= 0.3 is 5.97 Å². The Morgan fingerprint density at radius 3 is 2.17 bits per heavy atom. The average Bonchev–Trinajstić information content (AvgIpc) is 1.36. The van der Waals surface area contributed by atoms with E-state index in [-0.39, 0.29) is 0 Å². The first kappa shape index (κ1) is 5.43. The van der Waals surface area contributed by atoms with E-state index in [2.05, 4.69) is 0 Å². The molecular formula is C3H7NO2. The molecule has 0 saturated heterocycles. The van der Waals surface area contributed by atoms with Gasteiger partial charge in [0, 0.05) is 0 Å². The lowest BCUT2D eigenvalue weighted by Gasteiger charge is -1.90. The minimum absolute atomic E-state index is 0.731. The van der Waals surface area contributed by atoms with Gasteiger partial charge in [0.2, 0.25) is 0 Å². The van der Waals surface area contributed by atoms with Crippen molar-refractivity contribution in [1.29, 1.82) is 0 Å². The van der Waals surface area contributed by atoms with Gasteiger partial charge in [0.25, 0.3) is 0 Å². The summed E-state index contributed by atoms with van der Waals surface area (Å²) in [5, 5.41) is 7.87. The normalized spacial score (nSPS) is 13.7. The number of rotatable bonds is 1. The molecule has 0 fully saturated rings. The number of carboxylic acid groups (broad SMARTS) is 1. The van der Waals surface area contributed by atoms with Crippen LogP contribution in [-0.4, -0.2) is 17.1 Å². The van der Waals surface area contributed by atoms with E-state index in [4.69, 9.17) is 10.8 Å². The maximum atomic E-state index is 9.57. The predicted molar refractivity (Wildman–Crippen MR) is 21.3 cm³/mol. The van der Waals surface area contributed by atoms with Crippen LogP contribution < -0.4 is 5.73 Å². The molecule has 3 N–H and O–H groups in total. The lowest BCUT2D eigenvalue weighted by Crippen LogP contribution is -2.25. The Hall–Kier alpha value is -0.570. The molecule has 0 aromatic carbocycles. The van der Waals surface area contributed by atoms with Gasteiger partial charge in [-0.1, -0.05) is 0 Å². The molecule has 36 valence electrons. The molecule has 0 rings (SSSR count). The van der Waals surface area contributed by atoms with Crippen LogP contribution in [0.15, 0.2) is 0 Å². The summed E-state index contributed by atoms with van der Waals surface area (Å²) in [7, 11) is 0. The van der Waals surface area contributed by atoms with Gasteiger partial charge in [0.1, 0.15) is 6.04 Å². The molecule has 1 atom stereocenters. The van der Waals surface area contributed by atoms with Crippen LogP contribution in [0.1, 0.15) is 6.92 Å². The van der Waals surface area contributed by atoms with E-state index < -0.39 is 12.0 Å². The van der Waals surface area contributed by atoms with Gasteiger partial charge in [-0.15, -0.1) is 0 Å². The highest BCUT2D eigenvalue weighted by Gasteiger charge is 1.99. The molecule has 1 unspecified atom stereocenters. The van der Waals surface area contributed by atoms with Crippen molar-refractivity contribution in [1.82, 2.24) is 0 Å². The van der Waals surface area contributed by atoms with Gasteiger partial charge in [-0.05, 0) is 6.92 Å². The molecule has 0 aliphatic carbocycles. The topological polar surface area (TPSA) is 63.3 Å². The number of hydrogen-bond donors (Lipinski definition) is 2. The zero-order valence-corrected chi connectivity index (χ0v) is 3.51. The molecule has 0 amide bonds. The van der Waals surface area contributed by atoms with Crippen LogP contribution in [0.3, 0.4) is 0 Å². The van der Waals surface area contributed by atoms with Crippen LogP contribution >= 0.6 is 0 Å². The Morgan fingerprint density at radius 1 is 2.00 bits per heavy atom. The number of nitrogens with two attached hydrogens (primary N) is 1. The van der Waals surface area contributed by atoms with Gasteiger partial charge in [-0.25, -0.2) is 0 Å². The van der Waals surface area contributed by atoms with Gasteiger partial charge in [-0.2, -0.15) is 0 Å². The Labute approximate surface area is 35.8 Å². The van der Waals surface area contributed by atoms with E-state index in [1.807, 2.05) is 0 Å². The van der Waals surface area contributed by atoms with Crippen molar-refractivity contribution in [3.05, 3.63) is 0 Å². The van der Waals surface area contributed by atoms with Crippen LogP contribution in [0.25, 0.3) is 0 Å². The van der Waals surface area contributed by atoms with E-state index in [9.17, 15) is 4.79 Å². The molecule has 0 saturated carbocycles. The minimum Gasteiger partial charge on any atom is -0.480 e. The third kappa shape index (κ3) is 1.72. The highest BCUT2D eigenvalue weighted by atomic mass is 16.4. The van der Waals surface area contributed by atoms with E-state index in [0.29, 0.717) is 0 Å². The Morgan fingerprint density at radius 2 is 2.17 bits per heavy atom. The molecular weight excluding hydrogens is 84.0 g/mol. The van der Waals surface area contributed by atoms with Crippen molar-refractivity contribution in [2.75, 3.05) is 0 Å². The number of hydrogen-bond acceptors (Lipinski definition) is 2. The summed E-state index contributed by atoms with van der Waals surface area (Å²) in [6, 6.07) is -0.731. The molecule has 6 heavy (non-hydrogen) atoms. The summed E-state index contributed by atoms with van der Waals surface area (Å²) < 4.78 is 0. The number of aliphatic carboxylic acids is 1. The summed E-state index contributed by atoms with van der Waals surface area (Å²) in [6.45, 7) is 1.42. The fourth-order valence-electron chi connectivity index (χ4n) is 0. The molecule has 0 radical (unpaired) electrons. The number of carbonyl (C=O) groups is 1. The van der Waals surface area contributed by atoms with Crippen LogP contribution in [-0.2, 0) is 4.79 Å². The second kappa shape index (κ2) is 1.77. The molecule has 0 aromatic heterocycles. The van der Waals surface area contributed by atoms with Crippen molar-refractivity contribution in [3.8, 4) is 0 Å². The fraction of sp³-hybridized carbons (Fsp3) is 0.667. The molecule has 0 aliphatic rings. The molecule has 0 heterocycles. The van der Waals surface area contributed by atoms with Crippen LogP contribution in [0.5, 0.6) is 0 Å². The van der Waals surface area contributed by atoms with Crippen molar-refractivity contribution in [2.24, 2.45) is 5.73 Å². The standard InChI is InChI=1S/C3H7NO2/c1-2(4)3(5)6/h2H,4H2,1H3,(H,5,6)/i1+1,2+1. The number of carboxylic acids is 1. The van der Waals surface area contributed by atoms with E-state index in [1.165, 1.54) is 6.92 Å². The molecule has 3 heteroatoms. The second-order valence-corrected chi connectivity index (χ2v) is 1.13. The van der Waals surface area contributed by atoms with Crippen LogP contribution in [0, 0.1) is 0 Å². The van der Waals surface area contributed by atoms with Crippen molar-refractivity contribution >= 4 is 5.97 Å². The van der Waals surface area contributed by atoms with Gasteiger partial charge in [-0.3, -0.25) is 4.79 Å². The lowest BCUT2D eigenvalue weighted by molar-refractivity contribution is -0.138. The first-order valence-corrected chi connectivity index (χ1v) is 1.63. The molecule has 3 nitrogen and oxygen atoms in total. The summed E-state index contributed by atoms with van der Waals surface area (Å²) in [6.07, 6.45) is 0. The van der Waals surface area contributed by atoms with Gasteiger partial charge in [0.05, 0.1) is 0 Å². The van der Waals surface area contributed by atoms with Crippen molar-refractivity contribution in [3.63, 3.8) is 0 Å². The zero-order chi connectivity index (χ0) is 5.15. The third-order valence-corrected chi connectivity index (χ3v) is 0.390. The quantitative estimate of drug-likeness (QED) is 0.424. The molecule has 0 spiro atoms. The Balaban J connectivity index is 3.26. The van der Waals surface area contributed by atoms with Crippen molar-refractivity contribution in [2.45, 2.75) is 13.0 Å². The highest BCUT2D eigenvalue weighted by Crippen LogP contribution is 1.68. The van der Waals surface area contributed by atoms with E-state index in [0.717, 1.165) is 0 Å². The van der Waals surface area contributed by atoms with Gasteiger partial charge < -0.3 is 10.8 Å². The van der Waals surface area contributed by atoms with Crippen molar-refractivity contribution < 1.29 is 9.90 Å². The maximum absolute atomic E-state index is 9.57. The molecule has 0 bridgehead atoms. The van der Waals surface area contributed by atoms with Gasteiger partial charge in [0.15, 0.2) is 0 Å². The van der Waals surface area contributed by atoms with E-state index in [1.54, 1.807) is 0 Å². The average molecular weight is 91.1 g/mol. The highest BCUT2D eigenvalue weighted by molar-refractivity contribution is 5.72. The van der Waals surface area contributed by atoms with E-state index >= 15 is 0 Å². The first-order valence-electron chi connectivity index (χ1n) is 1.63. The summed E-state index contributed by atoms with van der Waals surface area (Å²) in [4.78, 5) is 9.57. The maximum Gasteiger partial charge on any atom is 0.320 e. The smallest absolute Gasteiger partial charge is 0.320 e. The summed E-state index contributed by atoms with van der Waals surface area (Å²) >= 11 is 0. The molecule has 0 aliphatic heterocycles. The van der Waals surface area contributed by atoms with Crippen LogP contribution in [0.2, 0.25) is 0 Å². The Bertz CT molecular complexity index is 59.8. The second-order valence-electron chi connectivity index (χ2n) is 1.13. The monoisotopic (exact) mass is 91.1 g/mol. The SMILES string of the molecule is [13CH3][13CH](N)C(=O)O. The fourth-order valence-corrected chi connectivity index (χ4v) is 0. The summed E-state index contributed by atoms with van der Waals surface area (Å²) in [5.41, 5.74) is 4.84. The lowest BCUT2D eigenvalue weighted by atomic mass is 10.9. The van der Waals surface area contributed by atoms with Crippen LogP contribution in [0.4, 0.5) is 0 Å². The third-order valence-electron chi connectivity index (χ3n) is 0.390.